The number of unbranched alkanes of at least 4 members (excludes halogenated alkanes) is 28. The molecule has 0 radical (unpaired) electrons. The monoisotopic (exact) mass is 735 g/mol. The first kappa shape index (κ1) is 50.1. The fourth-order valence-electron chi connectivity index (χ4n) is 6.54. The molecule has 1 unspecified atom stereocenters. The Morgan fingerprint density at radius 1 is 0.365 bits per heavy atom. The highest BCUT2D eigenvalue weighted by Gasteiger charge is 2.19. The van der Waals surface area contributed by atoms with E-state index < -0.39 is 6.10 Å². The van der Waals surface area contributed by atoms with E-state index in [4.69, 9.17) is 14.2 Å². The quantitative estimate of drug-likeness (QED) is 0.0269. The first-order chi connectivity index (χ1) is 25.5. The second-order valence-electron chi connectivity index (χ2n) is 15.3. The molecular weight excluding hydrogens is 648 g/mol. The number of carbonyl (C=O) groups excluding carboxylic acids is 3. The Morgan fingerprint density at radius 3 is 1.02 bits per heavy atom. The van der Waals surface area contributed by atoms with Crippen molar-refractivity contribution in [1.29, 1.82) is 0 Å². The van der Waals surface area contributed by atoms with E-state index in [1.165, 1.54) is 141 Å². The minimum atomic E-state index is -0.764. The molecule has 0 rings (SSSR count). The summed E-state index contributed by atoms with van der Waals surface area (Å²) in [5, 5.41) is 0. The van der Waals surface area contributed by atoms with Gasteiger partial charge < -0.3 is 14.2 Å². The zero-order chi connectivity index (χ0) is 38.0. The van der Waals surface area contributed by atoms with Gasteiger partial charge in [-0.25, -0.2) is 0 Å². The van der Waals surface area contributed by atoms with E-state index in [2.05, 4.69) is 32.9 Å². The molecule has 306 valence electrons. The summed E-state index contributed by atoms with van der Waals surface area (Å²) in [6.45, 7) is 6.58. The van der Waals surface area contributed by atoms with E-state index in [9.17, 15) is 14.4 Å². The van der Waals surface area contributed by atoms with E-state index in [0.29, 0.717) is 19.3 Å². The van der Waals surface area contributed by atoms with Crippen LogP contribution in [-0.2, 0) is 28.6 Å². The van der Waals surface area contributed by atoms with Crippen molar-refractivity contribution in [3.8, 4) is 0 Å². The number of hydrogen-bond acceptors (Lipinski definition) is 6. The summed E-state index contributed by atoms with van der Waals surface area (Å²) in [5.74, 6) is -0.874. The summed E-state index contributed by atoms with van der Waals surface area (Å²) in [7, 11) is 0. The maximum Gasteiger partial charge on any atom is 0.306 e. The van der Waals surface area contributed by atoms with Crippen LogP contribution in [0.3, 0.4) is 0 Å². The van der Waals surface area contributed by atoms with Crippen molar-refractivity contribution >= 4 is 17.9 Å². The highest BCUT2D eigenvalue weighted by atomic mass is 16.6. The minimum absolute atomic E-state index is 0.0692. The Morgan fingerprint density at radius 2 is 0.654 bits per heavy atom. The minimum Gasteiger partial charge on any atom is -0.462 e. The Bertz CT molecular complexity index is 809. The second kappa shape index (κ2) is 41.9. The van der Waals surface area contributed by atoms with Gasteiger partial charge in [0.2, 0.25) is 0 Å². The van der Waals surface area contributed by atoms with E-state index >= 15 is 0 Å². The van der Waals surface area contributed by atoms with Crippen LogP contribution in [0.15, 0.2) is 12.2 Å². The first-order valence-corrected chi connectivity index (χ1v) is 22.7. The number of allylic oxidation sites excluding steroid dienone is 2. The molecule has 0 aromatic heterocycles. The number of hydrogen-bond donors (Lipinski definition) is 0. The van der Waals surface area contributed by atoms with Crippen LogP contribution in [0.25, 0.3) is 0 Å². The molecule has 0 heterocycles. The molecule has 0 spiro atoms. The molecule has 0 aliphatic carbocycles. The lowest BCUT2D eigenvalue weighted by Crippen LogP contribution is -2.30. The third-order valence-corrected chi connectivity index (χ3v) is 10.0. The van der Waals surface area contributed by atoms with E-state index in [1.807, 2.05) is 0 Å². The average molecular weight is 735 g/mol. The number of esters is 3. The average Bonchev–Trinajstić information content (AvgIpc) is 3.14. The lowest BCUT2D eigenvalue weighted by Gasteiger charge is -2.18. The van der Waals surface area contributed by atoms with Crippen molar-refractivity contribution in [2.24, 2.45) is 0 Å². The fraction of sp³-hybridized carbons (Fsp3) is 0.891. The predicted octanol–water partition coefficient (Wildman–Crippen LogP) is 14.3. The standard InChI is InChI=1S/C46H86O6/c1-4-7-10-13-16-19-21-22-23-25-27-30-33-36-39-45(48)51-42-43(41-50-44(47)38-35-32-29-26-18-15-12-9-6-3)52-46(49)40-37-34-31-28-24-20-17-14-11-8-5-2/h14,17,43H,4-13,15-16,18-42H2,1-3H3/b17-14-. The van der Waals surface area contributed by atoms with Crippen LogP contribution in [-0.4, -0.2) is 37.2 Å². The summed E-state index contributed by atoms with van der Waals surface area (Å²) >= 11 is 0. The highest BCUT2D eigenvalue weighted by molar-refractivity contribution is 5.71. The van der Waals surface area contributed by atoms with E-state index in [-0.39, 0.29) is 31.1 Å². The Labute approximate surface area is 322 Å². The summed E-state index contributed by atoms with van der Waals surface area (Å²) in [5.41, 5.74) is 0. The lowest BCUT2D eigenvalue weighted by molar-refractivity contribution is -0.167. The van der Waals surface area contributed by atoms with Crippen LogP contribution in [0, 0.1) is 0 Å². The summed E-state index contributed by atoms with van der Waals surface area (Å²) < 4.78 is 16.7. The number of carbonyl (C=O) groups is 3. The van der Waals surface area contributed by atoms with Crippen molar-refractivity contribution in [2.75, 3.05) is 13.2 Å². The predicted molar refractivity (Wildman–Crippen MR) is 220 cm³/mol. The van der Waals surface area contributed by atoms with Gasteiger partial charge in [-0.3, -0.25) is 14.4 Å². The fourth-order valence-corrected chi connectivity index (χ4v) is 6.54. The van der Waals surface area contributed by atoms with E-state index in [0.717, 1.165) is 64.2 Å². The molecule has 6 nitrogen and oxygen atoms in total. The largest absolute Gasteiger partial charge is 0.462 e. The second-order valence-corrected chi connectivity index (χ2v) is 15.3. The molecule has 52 heavy (non-hydrogen) atoms. The van der Waals surface area contributed by atoms with Gasteiger partial charge in [0.15, 0.2) is 6.10 Å². The van der Waals surface area contributed by atoms with Gasteiger partial charge >= 0.3 is 17.9 Å². The van der Waals surface area contributed by atoms with Gasteiger partial charge in [-0.2, -0.15) is 0 Å². The maximum absolute atomic E-state index is 12.7. The van der Waals surface area contributed by atoms with Gasteiger partial charge in [-0.15, -0.1) is 0 Å². The van der Waals surface area contributed by atoms with Crippen molar-refractivity contribution in [3.63, 3.8) is 0 Å². The molecule has 0 aromatic rings. The van der Waals surface area contributed by atoms with Crippen LogP contribution < -0.4 is 0 Å². The van der Waals surface area contributed by atoms with Crippen molar-refractivity contribution in [1.82, 2.24) is 0 Å². The van der Waals surface area contributed by atoms with Gasteiger partial charge in [0.1, 0.15) is 13.2 Å². The lowest BCUT2D eigenvalue weighted by atomic mass is 10.0. The topological polar surface area (TPSA) is 78.9 Å². The van der Waals surface area contributed by atoms with Crippen LogP contribution >= 0.6 is 0 Å². The third-order valence-electron chi connectivity index (χ3n) is 10.0. The summed E-state index contributed by atoms with van der Waals surface area (Å²) in [4.78, 5) is 37.6. The SMILES string of the molecule is CCCC/C=C\CCCCCCCC(=O)OC(COC(=O)CCCCCCCCCCC)COC(=O)CCCCCCCCCCCCCCCC. The molecule has 0 amide bonds. The number of ether oxygens (including phenoxy) is 3. The molecular formula is C46H86O6. The summed E-state index contributed by atoms with van der Waals surface area (Å²) in [6, 6.07) is 0. The summed E-state index contributed by atoms with van der Waals surface area (Å²) in [6.07, 6.45) is 43.3. The molecule has 0 fully saturated rings. The molecule has 0 N–H and O–H groups in total. The molecule has 0 aliphatic heterocycles. The maximum atomic E-state index is 12.7. The number of rotatable bonds is 41. The van der Waals surface area contributed by atoms with Crippen molar-refractivity contribution < 1.29 is 28.6 Å². The van der Waals surface area contributed by atoms with Gasteiger partial charge in [0, 0.05) is 19.3 Å². The Hall–Kier alpha value is -1.85. The molecule has 0 aliphatic rings. The molecule has 0 bridgehead atoms. The van der Waals surface area contributed by atoms with E-state index in [1.54, 1.807) is 0 Å². The van der Waals surface area contributed by atoms with Crippen molar-refractivity contribution in [2.45, 2.75) is 252 Å². The van der Waals surface area contributed by atoms with Crippen LogP contribution in [0.5, 0.6) is 0 Å². The van der Waals surface area contributed by atoms with Gasteiger partial charge in [-0.05, 0) is 38.5 Å². The third kappa shape index (κ3) is 39.4. The molecule has 0 saturated carbocycles. The van der Waals surface area contributed by atoms with Gasteiger partial charge in [0.25, 0.3) is 0 Å². The smallest absolute Gasteiger partial charge is 0.306 e. The van der Waals surface area contributed by atoms with Crippen LogP contribution in [0.2, 0.25) is 0 Å². The Balaban J connectivity index is 4.31. The molecule has 0 saturated heterocycles. The zero-order valence-corrected chi connectivity index (χ0v) is 34.8. The van der Waals surface area contributed by atoms with Crippen molar-refractivity contribution in [3.05, 3.63) is 12.2 Å². The van der Waals surface area contributed by atoms with Gasteiger partial charge in [0.05, 0.1) is 0 Å². The normalized spacial score (nSPS) is 12.0. The first-order valence-electron chi connectivity index (χ1n) is 22.7. The van der Waals surface area contributed by atoms with Crippen LogP contribution in [0.1, 0.15) is 245 Å². The van der Waals surface area contributed by atoms with Gasteiger partial charge in [-0.1, -0.05) is 200 Å². The molecule has 1 atom stereocenters. The zero-order valence-electron chi connectivity index (χ0n) is 34.8. The molecule has 0 aromatic carbocycles. The molecule has 6 heteroatoms. The van der Waals surface area contributed by atoms with Crippen LogP contribution in [0.4, 0.5) is 0 Å². The highest BCUT2D eigenvalue weighted by Crippen LogP contribution is 2.15. The Kier molecular flexibility index (Phi) is 40.4.